The first-order valence-corrected chi connectivity index (χ1v) is 10.8. The average molecular weight is 453 g/mol. The third-order valence-corrected chi connectivity index (χ3v) is 6.41. The number of carbonyl (C=O) groups is 1. The van der Waals surface area contributed by atoms with E-state index in [9.17, 15) is 4.79 Å². The van der Waals surface area contributed by atoms with Gasteiger partial charge in [-0.05, 0) is 42.3 Å². The summed E-state index contributed by atoms with van der Waals surface area (Å²) in [5.74, 6) is 0.900. The van der Waals surface area contributed by atoms with E-state index < -0.39 is 0 Å². The number of nitrogens with zero attached hydrogens (tertiary/aromatic N) is 2. The Kier molecular flexibility index (Phi) is 6.11. The van der Waals surface area contributed by atoms with Gasteiger partial charge in [-0.3, -0.25) is 9.69 Å². The Hall–Kier alpha value is -3.09. The van der Waals surface area contributed by atoms with Crippen molar-refractivity contribution in [2.75, 3.05) is 19.1 Å². The summed E-state index contributed by atoms with van der Waals surface area (Å²) in [6.07, 6.45) is 0. The van der Waals surface area contributed by atoms with Crippen LogP contribution < -0.4 is 14.4 Å². The second-order valence-corrected chi connectivity index (χ2v) is 8.39. The average Bonchev–Trinajstić information content (AvgIpc) is 3.24. The number of amides is 1. The molecule has 0 spiro atoms. The van der Waals surface area contributed by atoms with E-state index in [0.717, 1.165) is 21.3 Å². The van der Waals surface area contributed by atoms with Crippen molar-refractivity contribution in [1.82, 2.24) is 4.98 Å². The molecule has 0 saturated heterocycles. The normalized spacial score (nSPS) is 10.8. The summed E-state index contributed by atoms with van der Waals surface area (Å²) in [6.45, 7) is 2.38. The molecule has 0 atom stereocenters. The fraction of sp³-hybridized carbons (Fsp3) is 0.167. The van der Waals surface area contributed by atoms with E-state index in [0.29, 0.717) is 33.8 Å². The van der Waals surface area contributed by atoms with Crippen molar-refractivity contribution in [3.8, 4) is 11.5 Å². The number of thiazole rings is 1. The van der Waals surface area contributed by atoms with Gasteiger partial charge in [-0.2, -0.15) is 0 Å². The lowest BCUT2D eigenvalue weighted by Crippen LogP contribution is -2.30. The lowest BCUT2D eigenvalue weighted by molar-refractivity contribution is 0.0982. The summed E-state index contributed by atoms with van der Waals surface area (Å²) in [5.41, 5.74) is 3.19. The number of methoxy groups -OCH3 is 2. The third kappa shape index (κ3) is 4.22. The highest BCUT2D eigenvalue weighted by Crippen LogP contribution is 2.38. The van der Waals surface area contributed by atoms with E-state index in [1.165, 1.54) is 18.4 Å². The molecule has 0 fully saturated rings. The number of hydrogen-bond donors (Lipinski definition) is 0. The maximum Gasteiger partial charge on any atom is 0.264 e. The van der Waals surface area contributed by atoms with Gasteiger partial charge in [-0.1, -0.05) is 59.3 Å². The van der Waals surface area contributed by atoms with Crippen molar-refractivity contribution in [1.29, 1.82) is 0 Å². The number of aryl methyl sites for hydroxylation is 1. The molecule has 4 rings (SSSR count). The van der Waals surface area contributed by atoms with Crippen LogP contribution in [0.3, 0.4) is 0 Å². The third-order valence-electron chi connectivity index (χ3n) is 4.96. The van der Waals surface area contributed by atoms with Gasteiger partial charge >= 0.3 is 0 Å². The SMILES string of the molecule is COc1ccc(Cl)cc1C(=O)N(Cc1ccccc1)c1nc2c(OC)ccc(C)c2s1. The van der Waals surface area contributed by atoms with Gasteiger partial charge in [-0.15, -0.1) is 0 Å². The molecule has 0 bridgehead atoms. The predicted molar refractivity (Wildman–Crippen MR) is 126 cm³/mol. The molecule has 158 valence electrons. The number of halogens is 1. The topological polar surface area (TPSA) is 51.7 Å². The van der Waals surface area contributed by atoms with Crippen molar-refractivity contribution in [3.05, 3.63) is 82.4 Å². The highest BCUT2D eigenvalue weighted by molar-refractivity contribution is 7.22. The van der Waals surface area contributed by atoms with Crippen LogP contribution in [0.1, 0.15) is 21.5 Å². The monoisotopic (exact) mass is 452 g/mol. The van der Waals surface area contributed by atoms with Gasteiger partial charge in [0.2, 0.25) is 0 Å². The summed E-state index contributed by atoms with van der Waals surface area (Å²) in [7, 11) is 3.15. The quantitative estimate of drug-likeness (QED) is 0.353. The number of carbonyl (C=O) groups excluding carboxylic acids is 1. The molecular formula is C24H21ClN2O3S. The molecule has 0 aliphatic carbocycles. The molecule has 7 heteroatoms. The minimum atomic E-state index is -0.237. The van der Waals surface area contributed by atoms with Crippen LogP contribution in [0.2, 0.25) is 5.02 Å². The van der Waals surface area contributed by atoms with Crippen LogP contribution in [0.4, 0.5) is 5.13 Å². The zero-order chi connectivity index (χ0) is 22.0. The summed E-state index contributed by atoms with van der Waals surface area (Å²) >= 11 is 7.66. The molecule has 0 N–H and O–H groups in total. The fourth-order valence-electron chi connectivity index (χ4n) is 3.36. The number of anilines is 1. The van der Waals surface area contributed by atoms with Crippen LogP contribution in [0, 0.1) is 6.92 Å². The first kappa shape index (κ1) is 21.2. The van der Waals surface area contributed by atoms with Crippen LogP contribution >= 0.6 is 22.9 Å². The van der Waals surface area contributed by atoms with Gasteiger partial charge in [0, 0.05) is 5.02 Å². The number of benzene rings is 3. The smallest absolute Gasteiger partial charge is 0.264 e. The zero-order valence-corrected chi connectivity index (χ0v) is 19.0. The molecule has 4 aromatic rings. The molecule has 1 amide bonds. The van der Waals surface area contributed by atoms with Crippen molar-refractivity contribution >= 4 is 44.2 Å². The van der Waals surface area contributed by atoms with Crippen LogP contribution in [0.5, 0.6) is 11.5 Å². The number of rotatable bonds is 6. The van der Waals surface area contributed by atoms with E-state index in [1.807, 2.05) is 49.4 Å². The summed E-state index contributed by atoms with van der Waals surface area (Å²) in [4.78, 5) is 20.2. The fourth-order valence-corrected chi connectivity index (χ4v) is 4.58. The summed E-state index contributed by atoms with van der Waals surface area (Å²) < 4.78 is 11.9. The number of aromatic nitrogens is 1. The van der Waals surface area contributed by atoms with Crippen molar-refractivity contribution in [2.24, 2.45) is 0 Å². The van der Waals surface area contributed by atoms with Crippen molar-refractivity contribution in [2.45, 2.75) is 13.5 Å². The lowest BCUT2D eigenvalue weighted by atomic mass is 10.1. The summed E-state index contributed by atoms with van der Waals surface area (Å²) in [6, 6.07) is 18.7. The highest BCUT2D eigenvalue weighted by Gasteiger charge is 2.25. The molecule has 1 aromatic heterocycles. The van der Waals surface area contributed by atoms with Gasteiger partial charge in [0.15, 0.2) is 5.13 Å². The van der Waals surface area contributed by atoms with Crippen LogP contribution in [0.15, 0.2) is 60.7 Å². The largest absolute Gasteiger partial charge is 0.496 e. The number of ether oxygens (including phenoxy) is 2. The Balaban J connectivity index is 1.86. The first-order chi connectivity index (χ1) is 15.0. The van der Waals surface area contributed by atoms with Gasteiger partial charge in [0.25, 0.3) is 5.91 Å². The van der Waals surface area contributed by atoms with E-state index in [1.54, 1.807) is 30.2 Å². The van der Waals surface area contributed by atoms with Crippen LogP contribution in [-0.4, -0.2) is 25.1 Å². The van der Waals surface area contributed by atoms with E-state index in [4.69, 9.17) is 26.1 Å². The standard InChI is InChI=1S/C24H21ClN2O3S/c1-15-9-11-20(30-3)21-22(15)31-24(26-21)27(14-16-7-5-4-6-8-16)23(28)18-13-17(25)10-12-19(18)29-2/h4-13H,14H2,1-3H3. The Bertz CT molecular complexity index is 1240. The minimum absolute atomic E-state index is 0.237. The van der Waals surface area contributed by atoms with Gasteiger partial charge in [0.1, 0.15) is 17.0 Å². The molecule has 0 unspecified atom stereocenters. The van der Waals surface area contributed by atoms with Crippen molar-refractivity contribution in [3.63, 3.8) is 0 Å². The van der Waals surface area contributed by atoms with Gasteiger partial charge < -0.3 is 9.47 Å². The minimum Gasteiger partial charge on any atom is -0.496 e. The molecule has 5 nitrogen and oxygen atoms in total. The first-order valence-electron chi connectivity index (χ1n) is 9.65. The Morgan fingerprint density at radius 3 is 2.45 bits per heavy atom. The van der Waals surface area contributed by atoms with Crippen molar-refractivity contribution < 1.29 is 14.3 Å². The number of hydrogen-bond acceptors (Lipinski definition) is 5. The Morgan fingerprint density at radius 2 is 1.74 bits per heavy atom. The molecule has 3 aromatic carbocycles. The second-order valence-electron chi connectivity index (χ2n) is 6.98. The Morgan fingerprint density at radius 1 is 1.03 bits per heavy atom. The molecule has 0 aliphatic rings. The number of fused-ring (bicyclic) bond motifs is 1. The molecule has 0 saturated carbocycles. The van der Waals surface area contributed by atoms with E-state index in [-0.39, 0.29) is 5.91 Å². The highest BCUT2D eigenvalue weighted by atomic mass is 35.5. The zero-order valence-electron chi connectivity index (χ0n) is 17.4. The molecule has 0 radical (unpaired) electrons. The maximum absolute atomic E-state index is 13.7. The molecular weight excluding hydrogens is 432 g/mol. The van der Waals surface area contributed by atoms with Gasteiger partial charge in [-0.25, -0.2) is 4.98 Å². The predicted octanol–water partition coefficient (Wildman–Crippen LogP) is 6.12. The summed E-state index contributed by atoms with van der Waals surface area (Å²) in [5, 5.41) is 1.05. The molecule has 31 heavy (non-hydrogen) atoms. The Labute approximate surface area is 189 Å². The van der Waals surface area contributed by atoms with E-state index >= 15 is 0 Å². The second kappa shape index (κ2) is 8.96. The van der Waals surface area contributed by atoms with Gasteiger partial charge in [0.05, 0.1) is 31.0 Å². The van der Waals surface area contributed by atoms with E-state index in [2.05, 4.69) is 0 Å². The maximum atomic E-state index is 13.7. The molecule has 1 heterocycles. The molecule has 0 aliphatic heterocycles. The van der Waals surface area contributed by atoms with Crippen LogP contribution in [0.25, 0.3) is 10.2 Å². The lowest BCUT2D eigenvalue weighted by Gasteiger charge is -2.21. The van der Waals surface area contributed by atoms with Crippen LogP contribution in [-0.2, 0) is 6.54 Å².